The first-order valence-electron chi connectivity index (χ1n) is 6.08. The summed E-state index contributed by atoms with van der Waals surface area (Å²) in [5.41, 5.74) is 4.24. The third-order valence-corrected chi connectivity index (χ3v) is 3.77. The van der Waals surface area contributed by atoms with Crippen molar-refractivity contribution in [1.29, 1.82) is 0 Å². The normalized spacial score (nSPS) is 11.3. The van der Waals surface area contributed by atoms with E-state index >= 15 is 0 Å². The Kier molecular flexibility index (Phi) is 3.02. The van der Waals surface area contributed by atoms with Crippen LogP contribution in [0.2, 0.25) is 0 Å². The number of rotatable bonds is 3. The number of nitrogens with one attached hydrogen (secondary N) is 1. The topological polar surface area (TPSA) is 58.9 Å². The van der Waals surface area contributed by atoms with Gasteiger partial charge in [0.25, 0.3) is 0 Å². The molecule has 0 aliphatic heterocycles. The molecule has 3 aromatic rings. The maximum Gasteiger partial charge on any atom is 0.234 e. The van der Waals surface area contributed by atoms with Crippen LogP contribution >= 0.6 is 11.8 Å². The molecule has 0 atom stereocenters. The van der Waals surface area contributed by atoms with Gasteiger partial charge in [-0.15, -0.1) is 0 Å². The summed E-state index contributed by atoms with van der Waals surface area (Å²) in [7, 11) is 0. The summed E-state index contributed by atoms with van der Waals surface area (Å²) >= 11 is 1.65. The fourth-order valence-corrected chi connectivity index (χ4v) is 2.78. The van der Waals surface area contributed by atoms with E-state index in [4.69, 9.17) is 0 Å². The van der Waals surface area contributed by atoms with Gasteiger partial charge in [0.05, 0.1) is 5.69 Å². The van der Waals surface area contributed by atoms with Crippen LogP contribution in [0, 0.1) is 20.8 Å². The van der Waals surface area contributed by atoms with Gasteiger partial charge in [0, 0.05) is 35.2 Å². The lowest BCUT2D eigenvalue weighted by atomic mass is 10.3. The second-order valence-electron chi connectivity index (χ2n) is 4.60. The van der Waals surface area contributed by atoms with Crippen molar-refractivity contribution in [2.24, 2.45) is 0 Å². The highest BCUT2D eigenvalue weighted by Crippen LogP contribution is 2.19. The van der Waals surface area contributed by atoms with Gasteiger partial charge < -0.3 is 4.98 Å². The second kappa shape index (κ2) is 4.70. The van der Waals surface area contributed by atoms with Crippen LogP contribution in [-0.4, -0.2) is 24.3 Å². The second-order valence-corrected chi connectivity index (χ2v) is 5.57. The van der Waals surface area contributed by atoms with Gasteiger partial charge in [0.1, 0.15) is 0 Å². The molecule has 0 fully saturated rings. The highest BCUT2D eigenvalue weighted by molar-refractivity contribution is 7.98. The monoisotopic (exact) mass is 273 g/mol. The highest BCUT2D eigenvalue weighted by atomic mass is 32.2. The van der Waals surface area contributed by atoms with E-state index < -0.39 is 0 Å². The molecule has 0 saturated heterocycles. The number of aryl methyl sites for hydroxylation is 3. The maximum atomic E-state index is 4.55. The van der Waals surface area contributed by atoms with E-state index in [1.807, 2.05) is 30.6 Å². The molecule has 0 radical (unpaired) electrons. The van der Waals surface area contributed by atoms with Crippen molar-refractivity contribution in [3.63, 3.8) is 0 Å². The van der Waals surface area contributed by atoms with Gasteiger partial charge in [-0.1, -0.05) is 11.8 Å². The molecule has 0 unspecified atom stereocenters. The van der Waals surface area contributed by atoms with Crippen molar-refractivity contribution in [2.45, 2.75) is 31.7 Å². The van der Waals surface area contributed by atoms with E-state index in [9.17, 15) is 0 Å². The molecule has 0 aliphatic carbocycles. The van der Waals surface area contributed by atoms with E-state index in [1.165, 1.54) is 0 Å². The highest BCUT2D eigenvalue weighted by Gasteiger charge is 2.07. The van der Waals surface area contributed by atoms with Crippen LogP contribution in [0.4, 0.5) is 0 Å². The average molecular weight is 273 g/mol. The summed E-state index contributed by atoms with van der Waals surface area (Å²) in [5, 5.41) is 0.926. The molecule has 0 aliphatic rings. The summed E-state index contributed by atoms with van der Waals surface area (Å²) in [4.78, 5) is 16.5. The minimum atomic E-state index is 0.767. The van der Waals surface area contributed by atoms with E-state index in [2.05, 4.69) is 32.9 Å². The number of aromatic nitrogens is 5. The molecule has 6 heteroatoms. The molecular formula is C13H15N5S. The average Bonchev–Trinajstić information content (AvgIpc) is 2.92. The number of hydrogen-bond donors (Lipinski definition) is 1. The van der Waals surface area contributed by atoms with Crippen molar-refractivity contribution in [2.75, 3.05) is 0 Å². The molecule has 3 heterocycles. The summed E-state index contributed by atoms with van der Waals surface area (Å²) in [6, 6.07) is 2.06. The summed E-state index contributed by atoms with van der Waals surface area (Å²) in [6.45, 7) is 6.05. The van der Waals surface area contributed by atoms with Crippen LogP contribution in [0.5, 0.6) is 0 Å². The minimum absolute atomic E-state index is 0.767. The molecule has 0 aromatic carbocycles. The lowest BCUT2D eigenvalue weighted by Gasteiger charge is -1.98. The lowest BCUT2D eigenvalue weighted by Crippen LogP contribution is -1.94. The van der Waals surface area contributed by atoms with E-state index in [0.717, 1.165) is 39.5 Å². The Hall–Kier alpha value is -1.82. The number of fused-ring (bicyclic) bond motifs is 1. The number of nitrogens with zero attached hydrogens (tertiary/aromatic N) is 4. The van der Waals surface area contributed by atoms with E-state index in [-0.39, 0.29) is 0 Å². The van der Waals surface area contributed by atoms with Gasteiger partial charge in [-0.3, -0.25) is 4.40 Å². The predicted molar refractivity (Wildman–Crippen MR) is 75.3 cm³/mol. The van der Waals surface area contributed by atoms with Gasteiger partial charge >= 0.3 is 0 Å². The van der Waals surface area contributed by atoms with Gasteiger partial charge in [0.15, 0.2) is 5.16 Å². The zero-order valence-electron chi connectivity index (χ0n) is 11.1. The standard InChI is InChI=1S/C13H15N5S/c1-8-4-10(3)18-6-11(17-12(18)15-8)7-19-13-14-5-9(2)16-13/h4-6H,7H2,1-3H3,(H,14,16). The molecule has 19 heavy (non-hydrogen) atoms. The number of imidazole rings is 2. The molecule has 3 aromatic heterocycles. The molecule has 98 valence electrons. The molecular weight excluding hydrogens is 258 g/mol. The SMILES string of the molecule is Cc1cc(C)n2cc(CSc3ncc(C)[nH]3)nc2n1. The number of thioether (sulfide) groups is 1. The molecule has 0 spiro atoms. The third-order valence-electron chi connectivity index (χ3n) is 2.85. The fraction of sp³-hybridized carbons (Fsp3) is 0.308. The molecule has 5 nitrogen and oxygen atoms in total. The molecule has 0 saturated carbocycles. The molecule has 1 N–H and O–H groups in total. The Morgan fingerprint density at radius 1 is 1.26 bits per heavy atom. The van der Waals surface area contributed by atoms with Gasteiger partial charge in [0.2, 0.25) is 5.78 Å². The third kappa shape index (κ3) is 2.49. The molecule has 0 amide bonds. The zero-order chi connectivity index (χ0) is 13.4. The summed E-state index contributed by atoms with van der Waals surface area (Å²) in [5.74, 6) is 1.55. The maximum absolute atomic E-state index is 4.55. The van der Waals surface area contributed by atoms with Crippen molar-refractivity contribution in [3.8, 4) is 0 Å². The Balaban J connectivity index is 1.83. The minimum Gasteiger partial charge on any atom is -0.337 e. The first kappa shape index (κ1) is 12.2. The Bertz CT molecular complexity index is 728. The lowest BCUT2D eigenvalue weighted by molar-refractivity contribution is 1.01. The van der Waals surface area contributed by atoms with E-state index in [1.54, 1.807) is 11.8 Å². The van der Waals surface area contributed by atoms with Crippen LogP contribution < -0.4 is 0 Å². The van der Waals surface area contributed by atoms with Crippen LogP contribution in [0.15, 0.2) is 23.6 Å². The smallest absolute Gasteiger partial charge is 0.234 e. The van der Waals surface area contributed by atoms with Crippen LogP contribution in [0.25, 0.3) is 5.78 Å². The first-order chi connectivity index (χ1) is 9.11. The largest absolute Gasteiger partial charge is 0.337 e. The van der Waals surface area contributed by atoms with Crippen LogP contribution in [0.1, 0.15) is 22.8 Å². The fourth-order valence-electron chi connectivity index (χ4n) is 1.99. The van der Waals surface area contributed by atoms with Crippen molar-refractivity contribution >= 4 is 17.5 Å². The Morgan fingerprint density at radius 3 is 2.84 bits per heavy atom. The van der Waals surface area contributed by atoms with Crippen molar-refractivity contribution in [3.05, 3.63) is 41.2 Å². The van der Waals surface area contributed by atoms with Gasteiger partial charge in [-0.05, 0) is 26.8 Å². The first-order valence-corrected chi connectivity index (χ1v) is 7.07. The summed E-state index contributed by atoms with van der Waals surface area (Å²) in [6.07, 6.45) is 3.88. The predicted octanol–water partition coefficient (Wildman–Crippen LogP) is 2.67. The Morgan fingerprint density at radius 2 is 2.11 bits per heavy atom. The van der Waals surface area contributed by atoms with Gasteiger partial charge in [-0.2, -0.15) is 0 Å². The van der Waals surface area contributed by atoms with Crippen molar-refractivity contribution in [1.82, 2.24) is 24.3 Å². The molecule has 3 rings (SSSR count). The van der Waals surface area contributed by atoms with Crippen molar-refractivity contribution < 1.29 is 0 Å². The van der Waals surface area contributed by atoms with Crippen LogP contribution in [-0.2, 0) is 5.75 Å². The van der Waals surface area contributed by atoms with Crippen LogP contribution in [0.3, 0.4) is 0 Å². The van der Waals surface area contributed by atoms with E-state index in [0.29, 0.717) is 0 Å². The number of hydrogen-bond acceptors (Lipinski definition) is 4. The quantitative estimate of drug-likeness (QED) is 0.745. The number of H-pyrrole nitrogens is 1. The summed E-state index contributed by atoms with van der Waals surface area (Å²) < 4.78 is 2.02. The molecule has 0 bridgehead atoms. The Labute approximate surface area is 115 Å². The number of aromatic amines is 1. The zero-order valence-corrected chi connectivity index (χ0v) is 12.0. The van der Waals surface area contributed by atoms with Gasteiger partial charge in [-0.25, -0.2) is 15.0 Å².